The first-order valence-corrected chi connectivity index (χ1v) is 3.00. The molecule has 10 heavy (non-hydrogen) atoms. The number of Topliss-reactive ketones (excluding diaryl/α,β-unsaturated/α-hetero) is 1. The van der Waals surface area contributed by atoms with Crippen molar-refractivity contribution in [1.29, 1.82) is 0 Å². The molecule has 0 amide bonds. The van der Waals surface area contributed by atoms with Crippen LogP contribution >= 0.6 is 0 Å². The third kappa shape index (κ3) is 3.33. The summed E-state index contributed by atoms with van der Waals surface area (Å²) in [5.74, 6) is 0.130. The molecule has 0 unspecified atom stereocenters. The summed E-state index contributed by atoms with van der Waals surface area (Å²) >= 11 is 0. The van der Waals surface area contributed by atoms with Gasteiger partial charge < -0.3 is 4.79 Å². The van der Waals surface area contributed by atoms with Crippen LogP contribution in [0.4, 0.5) is 0 Å². The van der Waals surface area contributed by atoms with Crippen LogP contribution in [-0.4, -0.2) is 5.78 Å². The maximum Gasteiger partial charge on any atom is 0.0735 e. The fourth-order valence-corrected chi connectivity index (χ4v) is 0.832. The minimum atomic E-state index is 0. The van der Waals surface area contributed by atoms with E-state index in [2.05, 4.69) is 0 Å². The Morgan fingerprint density at radius 1 is 1.70 bits per heavy atom. The molecule has 0 aliphatic heterocycles. The molecule has 1 rings (SSSR count). The summed E-state index contributed by atoms with van der Waals surface area (Å²) in [6, 6.07) is 0. The average Bonchev–Trinajstić information content (AvgIpc) is 2.15. The fraction of sp³-hybridized carbons (Fsp3) is 0.250. The van der Waals surface area contributed by atoms with Gasteiger partial charge in [0.2, 0.25) is 0 Å². The summed E-state index contributed by atoms with van der Waals surface area (Å²) in [7, 11) is 0. The van der Waals surface area contributed by atoms with E-state index in [9.17, 15) is 4.79 Å². The van der Waals surface area contributed by atoms with Gasteiger partial charge in [-0.15, -0.1) is 12.2 Å². The SMILES string of the molecule is CC(=O)[CH-]C1=CC=CC1.[Y]. The molecule has 0 aromatic heterocycles. The van der Waals surface area contributed by atoms with Gasteiger partial charge in [0, 0.05) is 32.7 Å². The monoisotopic (exact) mass is 210 g/mol. The Bertz CT molecular complexity index is 180. The van der Waals surface area contributed by atoms with E-state index in [1.54, 1.807) is 13.3 Å². The molecule has 0 saturated carbocycles. The van der Waals surface area contributed by atoms with Gasteiger partial charge in [-0.1, -0.05) is 0 Å². The van der Waals surface area contributed by atoms with Gasteiger partial charge in [0.25, 0.3) is 0 Å². The van der Waals surface area contributed by atoms with Crippen molar-refractivity contribution in [3.8, 4) is 0 Å². The normalized spacial score (nSPS) is 13.9. The van der Waals surface area contributed by atoms with Crippen molar-refractivity contribution in [3.63, 3.8) is 0 Å². The predicted molar refractivity (Wildman–Crippen MR) is 36.8 cm³/mol. The van der Waals surface area contributed by atoms with E-state index in [1.807, 2.05) is 18.2 Å². The first-order chi connectivity index (χ1) is 4.29. The van der Waals surface area contributed by atoms with Crippen LogP contribution in [0.3, 0.4) is 0 Å². The molecule has 0 heterocycles. The predicted octanol–water partition coefficient (Wildman–Crippen LogP) is 1.66. The van der Waals surface area contributed by atoms with Crippen molar-refractivity contribution in [3.05, 3.63) is 30.2 Å². The smallest absolute Gasteiger partial charge is 0.0735 e. The van der Waals surface area contributed by atoms with Crippen LogP contribution in [0, 0.1) is 6.42 Å². The third-order valence-electron chi connectivity index (χ3n) is 1.19. The summed E-state index contributed by atoms with van der Waals surface area (Å²) in [5.41, 5.74) is 1.11. The van der Waals surface area contributed by atoms with Crippen molar-refractivity contribution in [2.45, 2.75) is 13.3 Å². The van der Waals surface area contributed by atoms with Crippen LogP contribution < -0.4 is 0 Å². The second-order valence-corrected chi connectivity index (χ2v) is 2.13. The molecule has 1 nitrogen and oxygen atoms in total. The Morgan fingerprint density at radius 3 is 2.80 bits per heavy atom. The first kappa shape index (κ1) is 10.1. The number of hydrogen-bond acceptors (Lipinski definition) is 1. The van der Waals surface area contributed by atoms with Gasteiger partial charge in [-0.2, -0.15) is 6.42 Å². The van der Waals surface area contributed by atoms with Crippen molar-refractivity contribution in [2.75, 3.05) is 0 Å². The Hall–Kier alpha value is 0.124. The summed E-state index contributed by atoms with van der Waals surface area (Å²) < 4.78 is 0. The Labute approximate surface area is 86.5 Å². The minimum absolute atomic E-state index is 0. The second-order valence-electron chi connectivity index (χ2n) is 2.13. The summed E-state index contributed by atoms with van der Waals surface area (Å²) in [4.78, 5) is 10.5. The van der Waals surface area contributed by atoms with Gasteiger partial charge >= 0.3 is 0 Å². The Morgan fingerprint density at radius 2 is 2.40 bits per heavy atom. The second kappa shape index (κ2) is 4.87. The van der Waals surface area contributed by atoms with Crippen molar-refractivity contribution >= 4 is 5.78 Å². The molecule has 0 aromatic rings. The van der Waals surface area contributed by atoms with Crippen molar-refractivity contribution in [1.82, 2.24) is 0 Å². The molecule has 1 aliphatic carbocycles. The van der Waals surface area contributed by atoms with E-state index in [1.165, 1.54) is 0 Å². The van der Waals surface area contributed by atoms with E-state index in [4.69, 9.17) is 0 Å². The maximum atomic E-state index is 10.5. The number of carbonyl (C=O) groups excluding carboxylic acids is 1. The number of hydrogen-bond donors (Lipinski definition) is 0. The van der Waals surface area contributed by atoms with Gasteiger partial charge in [-0.05, 0) is 13.3 Å². The molecule has 0 fully saturated rings. The number of allylic oxidation sites excluding steroid dienone is 4. The molecular formula is C8H9OY-. The zero-order valence-corrected chi connectivity index (χ0v) is 8.84. The Kier molecular flexibility index (Phi) is 4.93. The first-order valence-electron chi connectivity index (χ1n) is 3.00. The van der Waals surface area contributed by atoms with Crippen LogP contribution in [0.1, 0.15) is 13.3 Å². The van der Waals surface area contributed by atoms with Crippen LogP contribution in [0.5, 0.6) is 0 Å². The van der Waals surface area contributed by atoms with Gasteiger partial charge in [0.1, 0.15) is 0 Å². The van der Waals surface area contributed by atoms with E-state index in [0.717, 1.165) is 12.0 Å². The summed E-state index contributed by atoms with van der Waals surface area (Å²) in [6.07, 6.45) is 8.55. The Balaban J connectivity index is 0.000000810. The van der Waals surface area contributed by atoms with Crippen LogP contribution in [0.15, 0.2) is 23.8 Å². The largest absolute Gasteiger partial charge is 0.316 e. The van der Waals surface area contributed by atoms with Crippen molar-refractivity contribution < 1.29 is 37.5 Å². The summed E-state index contributed by atoms with van der Waals surface area (Å²) in [5, 5.41) is 0. The molecule has 0 N–H and O–H groups in total. The van der Waals surface area contributed by atoms with Gasteiger partial charge in [0.05, 0.1) is 5.78 Å². The van der Waals surface area contributed by atoms with E-state index >= 15 is 0 Å². The zero-order chi connectivity index (χ0) is 6.69. The molecule has 0 atom stereocenters. The standard InChI is InChI=1S/C8H9O.Y/c1-7(9)6-8-4-2-3-5-8;/h2-4,6H,5H2,1H3;/q-1;. The molecule has 0 spiro atoms. The zero-order valence-electron chi connectivity index (χ0n) is 6.00. The maximum absolute atomic E-state index is 10.5. The van der Waals surface area contributed by atoms with Crippen LogP contribution in [0.25, 0.3) is 0 Å². The average molecular weight is 210 g/mol. The van der Waals surface area contributed by atoms with E-state index in [-0.39, 0.29) is 38.5 Å². The van der Waals surface area contributed by atoms with Crippen LogP contribution in [0.2, 0.25) is 0 Å². The van der Waals surface area contributed by atoms with E-state index in [0.29, 0.717) is 0 Å². The molecule has 0 bridgehead atoms. The molecule has 2 heteroatoms. The van der Waals surface area contributed by atoms with Gasteiger partial charge in [-0.25, -0.2) is 11.6 Å². The molecule has 1 aliphatic rings. The number of ketones is 1. The quantitative estimate of drug-likeness (QED) is 0.633. The van der Waals surface area contributed by atoms with E-state index < -0.39 is 0 Å². The van der Waals surface area contributed by atoms with Crippen LogP contribution in [-0.2, 0) is 37.5 Å². The van der Waals surface area contributed by atoms with Gasteiger partial charge in [0.15, 0.2) is 0 Å². The van der Waals surface area contributed by atoms with Gasteiger partial charge in [-0.3, -0.25) is 0 Å². The molecule has 0 aromatic carbocycles. The van der Waals surface area contributed by atoms with Crippen molar-refractivity contribution in [2.24, 2.45) is 0 Å². The topological polar surface area (TPSA) is 17.1 Å². The number of rotatable bonds is 2. The fourth-order valence-electron chi connectivity index (χ4n) is 0.832. The minimum Gasteiger partial charge on any atom is -0.316 e. The molecule has 1 radical (unpaired) electrons. The summed E-state index contributed by atoms with van der Waals surface area (Å²) in [6.45, 7) is 1.57. The molecule has 0 saturated heterocycles. The molecule has 51 valence electrons. The third-order valence-corrected chi connectivity index (χ3v) is 1.19. The molecular weight excluding hydrogens is 201 g/mol. The number of carbonyl (C=O) groups is 1.